The SMILES string of the molecule is CCCN(CC)c1c(C)cccc1/C(N)=N/O. The minimum atomic E-state index is 0.165. The summed E-state index contributed by atoms with van der Waals surface area (Å²) in [6.45, 7) is 8.17. The maximum Gasteiger partial charge on any atom is 0.172 e. The molecule has 0 aliphatic rings. The van der Waals surface area contributed by atoms with Gasteiger partial charge in [-0.05, 0) is 31.9 Å². The van der Waals surface area contributed by atoms with Gasteiger partial charge in [0.25, 0.3) is 0 Å². The lowest BCUT2D eigenvalue weighted by atomic mass is 10.1. The molecule has 0 heterocycles. The topological polar surface area (TPSA) is 61.8 Å². The summed E-state index contributed by atoms with van der Waals surface area (Å²) in [6.07, 6.45) is 1.07. The summed E-state index contributed by atoms with van der Waals surface area (Å²) in [4.78, 5) is 2.25. The van der Waals surface area contributed by atoms with Crippen molar-refractivity contribution in [3.8, 4) is 0 Å². The molecule has 0 unspecified atom stereocenters. The van der Waals surface area contributed by atoms with Crippen LogP contribution in [-0.2, 0) is 0 Å². The monoisotopic (exact) mass is 235 g/mol. The van der Waals surface area contributed by atoms with E-state index in [4.69, 9.17) is 10.9 Å². The van der Waals surface area contributed by atoms with Crippen LogP contribution in [-0.4, -0.2) is 24.1 Å². The molecule has 0 bridgehead atoms. The second-order valence-electron chi connectivity index (χ2n) is 4.04. The molecule has 0 atom stereocenters. The molecule has 0 saturated heterocycles. The molecule has 1 aromatic carbocycles. The molecule has 0 aliphatic heterocycles. The van der Waals surface area contributed by atoms with Gasteiger partial charge in [0, 0.05) is 18.7 Å². The molecule has 17 heavy (non-hydrogen) atoms. The summed E-state index contributed by atoms with van der Waals surface area (Å²) in [6, 6.07) is 5.85. The molecule has 94 valence electrons. The zero-order valence-corrected chi connectivity index (χ0v) is 10.8. The van der Waals surface area contributed by atoms with Gasteiger partial charge in [0.2, 0.25) is 0 Å². The Morgan fingerprint density at radius 1 is 1.41 bits per heavy atom. The first kappa shape index (κ1) is 13.4. The highest BCUT2D eigenvalue weighted by Gasteiger charge is 2.14. The number of aryl methyl sites for hydroxylation is 1. The Morgan fingerprint density at radius 2 is 2.12 bits per heavy atom. The van der Waals surface area contributed by atoms with Crippen LogP contribution in [0.1, 0.15) is 31.4 Å². The molecule has 0 saturated carbocycles. The lowest BCUT2D eigenvalue weighted by molar-refractivity contribution is 0.318. The fourth-order valence-electron chi connectivity index (χ4n) is 2.04. The lowest BCUT2D eigenvalue weighted by Crippen LogP contribution is -2.28. The standard InChI is InChI=1S/C13H21N3O/c1-4-9-16(5-2)12-10(3)7-6-8-11(12)13(14)15-17/h6-8,17H,4-5,9H2,1-3H3,(H2,14,15). The fraction of sp³-hybridized carbons (Fsp3) is 0.462. The number of rotatable bonds is 5. The Hall–Kier alpha value is -1.71. The van der Waals surface area contributed by atoms with E-state index in [1.165, 1.54) is 0 Å². The Balaban J connectivity index is 3.28. The molecule has 1 rings (SSSR count). The smallest absolute Gasteiger partial charge is 0.172 e. The van der Waals surface area contributed by atoms with Crippen LogP contribution in [0.3, 0.4) is 0 Å². The normalized spacial score (nSPS) is 11.6. The third-order valence-corrected chi connectivity index (χ3v) is 2.81. The van der Waals surface area contributed by atoms with E-state index in [0.29, 0.717) is 0 Å². The van der Waals surface area contributed by atoms with E-state index in [2.05, 4.69) is 23.9 Å². The Labute approximate surface area is 103 Å². The predicted octanol–water partition coefficient (Wildman–Crippen LogP) is 2.33. The number of hydrogen-bond acceptors (Lipinski definition) is 3. The van der Waals surface area contributed by atoms with Gasteiger partial charge in [-0.2, -0.15) is 0 Å². The van der Waals surface area contributed by atoms with Crippen molar-refractivity contribution in [1.82, 2.24) is 0 Å². The molecule has 0 spiro atoms. The number of nitrogens with two attached hydrogens (primary N) is 1. The first-order chi connectivity index (χ1) is 8.15. The third kappa shape index (κ3) is 2.90. The highest BCUT2D eigenvalue weighted by atomic mass is 16.4. The van der Waals surface area contributed by atoms with Crippen molar-refractivity contribution >= 4 is 11.5 Å². The van der Waals surface area contributed by atoms with Crippen molar-refractivity contribution in [2.45, 2.75) is 27.2 Å². The van der Waals surface area contributed by atoms with Gasteiger partial charge in [-0.1, -0.05) is 24.2 Å². The second kappa shape index (κ2) is 6.13. The first-order valence-electron chi connectivity index (χ1n) is 5.98. The van der Waals surface area contributed by atoms with Gasteiger partial charge in [-0.3, -0.25) is 0 Å². The Bertz CT molecular complexity index is 402. The van der Waals surface area contributed by atoms with Crippen molar-refractivity contribution < 1.29 is 5.21 Å². The van der Waals surface area contributed by atoms with Gasteiger partial charge in [0.05, 0.1) is 5.69 Å². The van der Waals surface area contributed by atoms with Gasteiger partial charge >= 0.3 is 0 Å². The van der Waals surface area contributed by atoms with Crippen molar-refractivity contribution in [2.75, 3.05) is 18.0 Å². The van der Waals surface area contributed by atoms with Crippen molar-refractivity contribution in [1.29, 1.82) is 0 Å². The van der Waals surface area contributed by atoms with Gasteiger partial charge in [-0.25, -0.2) is 0 Å². The number of para-hydroxylation sites is 1. The summed E-state index contributed by atoms with van der Waals surface area (Å²) in [5, 5.41) is 11.9. The van der Waals surface area contributed by atoms with Crippen LogP contribution in [0.5, 0.6) is 0 Å². The van der Waals surface area contributed by atoms with Gasteiger partial charge in [-0.15, -0.1) is 0 Å². The maximum atomic E-state index is 8.83. The van der Waals surface area contributed by atoms with Crippen LogP contribution in [0.2, 0.25) is 0 Å². The first-order valence-corrected chi connectivity index (χ1v) is 5.98. The summed E-state index contributed by atoms with van der Waals surface area (Å²) in [7, 11) is 0. The minimum absolute atomic E-state index is 0.165. The highest BCUT2D eigenvalue weighted by molar-refractivity contribution is 6.02. The molecule has 3 N–H and O–H groups in total. The predicted molar refractivity (Wildman–Crippen MR) is 71.9 cm³/mol. The Kier molecular flexibility index (Phi) is 4.82. The van der Waals surface area contributed by atoms with Gasteiger partial charge in [0.1, 0.15) is 0 Å². The third-order valence-electron chi connectivity index (χ3n) is 2.81. The Morgan fingerprint density at radius 3 is 2.65 bits per heavy atom. The summed E-state index contributed by atoms with van der Waals surface area (Å²) < 4.78 is 0. The van der Waals surface area contributed by atoms with Crippen LogP contribution in [0, 0.1) is 6.92 Å². The van der Waals surface area contributed by atoms with E-state index in [1.807, 2.05) is 25.1 Å². The van der Waals surface area contributed by atoms with Crippen LogP contribution in [0.15, 0.2) is 23.4 Å². The zero-order valence-electron chi connectivity index (χ0n) is 10.8. The number of nitrogens with zero attached hydrogens (tertiary/aromatic N) is 2. The molecule has 0 aromatic heterocycles. The van der Waals surface area contributed by atoms with Gasteiger partial charge in [0.15, 0.2) is 5.84 Å². The zero-order chi connectivity index (χ0) is 12.8. The minimum Gasteiger partial charge on any atom is -0.409 e. The van der Waals surface area contributed by atoms with Crippen LogP contribution < -0.4 is 10.6 Å². The number of amidine groups is 1. The molecule has 4 heteroatoms. The summed E-state index contributed by atoms with van der Waals surface area (Å²) in [5.74, 6) is 0.165. The fourth-order valence-corrected chi connectivity index (χ4v) is 2.04. The van der Waals surface area contributed by atoms with Crippen LogP contribution in [0.25, 0.3) is 0 Å². The molecular weight excluding hydrogens is 214 g/mol. The van der Waals surface area contributed by atoms with E-state index >= 15 is 0 Å². The maximum absolute atomic E-state index is 8.83. The van der Waals surface area contributed by atoms with Gasteiger partial charge < -0.3 is 15.8 Å². The number of benzene rings is 1. The van der Waals surface area contributed by atoms with Crippen LogP contribution >= 0.6 is 0 Å². The average molecular weight is 235 g/mol. The molecule has 0 aliphatic carbocycles. The van der Waals surface area contributed by atoms with E-state index in [0.717, 1.165) is 36.3 Å². The van der Waals surface area contributed by atoms with E-state index in [9.17, 15) is 0 Å². The molecule has 1 aromatic rings. The molecule has 0 amide bonds. The summed E-state index contributed by atoms with van der Waals surface area (Å²) >= 11 is 0. The summed E-state index contributed by atoms with van der Waals surface area (Å²) in [5.41, 5.74) is 8.73. The van der Waals surface area contributed by atoms with E-state index < -0.39 is 0 Å². The molecule has 0 radical (unpaired) electrons. The quantitative estimate of drug-likeness (QED) is 0.356. The molecule has 4 nitrogen and oxygen atoms in total. The lowest BCUT2D eigenvalue weighted by Gasteiger charge is -2.26. The second-order valence-corrected chi connectivity index (χ2v) is 4.04. The largest absolute Gasteiger partial charge is 0.409 e. The number of oxime groups is 1. The van der Waals surface area contributed by atoms with E-state index in [1.54, 1.807) is 0 Å². The van der Waals surface area contributed by atoms with Crippen molar-refractivity contribution in [3.63, 3.8) is 0 Å². The number of anilines is 1. The molecule has 0 fully saturated rings. The van der Waals surface area contributed by atoms with E-state index in [-0.39, 0.29) is 5.84 Å². The average Bonchev–Trinajstić information content (AvgIpc) is 2.35. The molecular formula is C13H21N3O. The number of hydrogen-bond donors (Lipinski definition) is 2. The van der Waals surface area contributed by atoms with Crippen LogP contribution in [0.4, 0.5) is 5.69 Å². The van der Waals surface area contributed by atoms with Crippen molar-refractivity contribution in [2.24, 2.45) is 10.9 Å². The van der Waals surface area contributed by atoms with Crippen molar-refractivity contribution in [3.05, 3.63) is 29.3 Å². The highest BCUT2D eigenvalue weighted by Crippen LogP contribution is 2.25.